The summed E-state index contributed by atoms with van der Waals surface area (Å²) in [4.78, 5) is 27.9. The molecule has 7 nitrogen and oxygen atoms in total. The van der Waals surface area contributed by atoms with Gasteiger partial charge in [-0.05, 0) is 56.2 Å². The fraction of sp³-hybridized carbons (Fsp3) is 0.391. The summed E-state index contributed by atoms with van der Waals surface area (Å²) in [6.07, 6.45) is 1.25. The average molecular weight is 583 g/mol. The molecule has 0 aliphatic carbocycles. The average Bonchev–Trinajstić information content (AvgIpc) is 2.72. The van der Waals surface area contributed by atoms with Gasteiger partial charge in [-0.3, -0.25) is 13.9 Å². The van der Waals surface area contributed by atoms with E-state index >= 15 is 0 Å². The van der Waals surface area contributed by atoms with Crippen molar-refractivity contribution in [1.82, 2.24) is 10.2 Å². The van der Waals surface area contributed by atoms with E-state index in [0.29, 0.717) is 20.6 Å². The van der Waals surface area contributed by atoms with Crippen molar-refractivity contribution in [3.05, 3.63) is 62.1 Å². The van der Waals surface area contributed by atoms with Gasteiger partial charge in [0.25, 0.3) is 0 Å². The van der Waals surface area contributed by atoms with E-state index in [0.717, 1.165) is 10.6 Å². The Morgan fingerprint density at radius 1 is 0.971 bits per heavy atom. The van der Waals surface area contributed by atoms with Gasteiger partial charge in [-0.2, -0.15) is 0 Å². The van der Waals surface area contributed by atoms with E-state index in [9.17, 15) is 18.0 Å². The van der Waals surface area contributed by atoms with E-state index in [-0.39, 0.29) is 35.6 Å². The smallest absolute Gasteiger partial charge is 0.244 e. The summed E-state index contributed by atoms with van der Waals surface area (Å²) < 4.78 is 26.2. The molecule has 1 N–H and O–H groups in total. The second-order valence-electron chi connectivity index (χ2n) is 8.21. The number of amides is 2. The summed E-state index contributed by atoms with van der Waals surface area (Å²) >= 11 is 24.5. The maximum absolute atomic E-state index is 13.6. The summed E-state index contributed by atoms with van der Waals surface area (Å²) in [7, 11) is -3.93. The molecule has 0 heterocycles. The van der Waals surface area contributed by atoms with Crippen LogP contribution in [0.1, 0.15) is 32.8 Å². The zero-order valence-corrected chi connectivity index (χ0v) is 23.5. The topological polar surface area (TPSA) is 86.8 Å². The summed E-state index contributed by atoms with van der Waals surface area (Å²) in [5, 5.41) is 3.92. The van der Waals surface area contributed by atoms with Gasteiger partial charge in [0, 0.05) is 27.7 Å². The number of hydrogen-bond acceptors (Lipinski definition) is 4. The molecule has 0 aromatic heterocycles. The molecule has 12 heteroatoms. The van der Waals surface area contributed by atoms with Crippen molar-refractivity contribution < 1.29 is 18.0 Å². The molecular weight excluding hydrogens is 556 g/mol. The molecule has 35 heavy (non-hydrogen) atoms. The number of carbonyl (C=O) groups excluding carboxylic acids is 2. The third-order valence-corrected chi connectivity index (χ3v) is 7.28. The summed E-state index contributed by atoms with van der Waals surface area (Å²) in [5.41, 5.74) is 0.645. The SMILES string of the molecule is CC[C@@H](C(=O)NC(C)C)N(Cc1ccc(Cl)cc1Cl)C(=O)CN(c1ccc(Cl)cc1Cl)S(C)(=O)=O. The molecule has 0 bridgehead atoms. The second kappa shape index (κ2) is 12.5. The zero-order valence-electron chi connectivity index (χ0n) is 19.7. The molecule has 0 saturated heterocycles. The van der Waals surface area contributed by atoms with Crippen molar-refractivity contribution in [2.45, 2.75) is 45.8 Å². The molecule has 1 atom stereocenters. The maximum Gasteiger partial charge on any atom is 0.244 e. The second-order valence-corrected chi connectivity index (χ2v) is 11.8. The quantitative estimate of drug-likeness (QED) is 0.406. The first-order chi connectivity index (χ1) is 16.2. The minimum atomic E-state index is -3.93. The lowest BCUT2D eigenvalue weighted by atomic mass is 10.1. The number of sulfonamides is 1. The van der Waals surface area contributed by atoms with Crippen LogP contribution < -0.4 is 9.62 Å². The summed E-state index contributed by atoms with van der Waals surface area (Å²) in [5.74, 6) is -0.977. The van der Waals surface area contributed by atoms with Crippen molar-refractivity contribution >= 4 is 73.9 Å². The van der Waals surface area contributed by atoms with Gasteiger partial charge in [-0.15, -0.1) is 0 Å². The normalized spacial score (nSPS) is 12.4. The lowest BCUT2D eigenvalue weighted by molar-refractivity contribution is -0.140. The van der Waals surface area contributed by atoms with Gasteiger partial charge in [0.1, 0.15) is 12.6 Å². The third kappa shape index (κ3) is 8.15. The van der Waals surface area contributed by atoms with Crippen molar-refractivity contribution in [3.8, 4) is 0 Å². The Morgan fingerprint density at radius 2 is 1.54 bits per heavy atom. The standard InChI is InChI=1S/C23H27Cl4N3O4S/c1-5-20(23(32)28-14(2)3)29(12-15-6-7-16(24)10-18(15)26)22(31)13-30(35(4,33)34)21-9-8-17(25)11-19(21)27/h6-11,14,20H,5,12-13H2,1-4H3,(H,28,32)/t20-/m0/s1. The molecule has 0 aliphatic heterocycles. The van der Waals surface area contributed by atoms with E-state index in [4.69, 9.17) is 46.4 Å². The van der Waals surface area contributed by atoms with Crippen LogP contribution in [0.25, 0.3) is 0 Å². The lowest BCUT2D eigenvalue weighted by Gasteiger charge is -2.33. The van der Waals surface area contributed by atoms with E-state index < -0.39 is 28.5 Å². The first-order valence-electron chi connectivity index (χ1n) is 10.7. The van der Waals surface area contributed by atoms with Crippen molar-refractivity contribution in [1.29, 1.82) is 0 Å². The number of carbonyl (C=O) groups is 2. The Labute approximate surface area is 226 Å². The van der Waals surface area contributed by atoms with Crippen LogP contribution in [-0.4, -0.2) is 50.0 Å². The number of nitrogens with zero attached hydrogens (tertiary/aromatic N) is 2. The van der Waals surface area contributed by atoms with E-state index in [1.54, 1.807) is 32.9 Å². The molecule has 0 unspecified atom stereocenters. The number of nitrogens with one attached hydrogen (secondary N) is 1. The Morgan fingerprint density at radius 3 is 2.03 bits per heavy atom. The highest BCUT2D eigenvalue weighted by Gasteiger charge is 2.32. The van der Waals surface area contributed by atoms with Crippen LogP contribution in [0, 0.1) is 0 Å². The predicted molar refractivity (Wildman–Crippen MR) is 143 cm³/mol. The molecule has 2 aromatic carbocycles. The minimum absolute atomic E-state index is 0.0369. The van der Waals surface area contributed by atoms with Gasteiger partial charge in [0.05, 0.1) is 17.0 Å². The Bertz CT molecular complexity index is 1190. The van der Waals surface area contributed by atoms with Crippen LogP contribution in [0.2, 0.25) is 20.1 Å². The molecule has 2 amide bonds. The van der Waals surface area contributed by atoms with Gasteiger partial charge in [0.15, 0.2) is 0 Å². The number of hydrogen-bond donors (Lipinski definition) is 1. The van der Waals surface area contributed by atoms with Crippen LogP contribution in [0.3, 0.4) is 0 Å². The van der Waals surface area contributed by atoms with Crippen molar-refractivity contribution in [2.75, 3.05) is 17.1 Å². The predicted octanol–water partition coefficient (Wildman–Crippen LogP) is 5.40. The van der Waals surface area contributed by atoms with Crippen LogP contribution in [0.4, 0.5) is 5.69 Å². The molecule has 0 radical (unpaired) electrons. The number of anilines is 1. The molecule has 2 rings (SSSR count). The van der Waals surface area contributed by atoms with Gasteiger partial charge in [0.2, 0.25) is 21.8 Å². The van der Waals surface area contributed by atoms with Gasteiger partial charge in [-0.1, -0.05) is 59.4 Å². The monoisotopic (exact) mass is 581 g/mol. The molecular formula is C23H27Cl4N3O4S. The number of halogens is 4. The molecule has 192 valence electrons. The van der Waals surface area contributed by atoms with Gasteiger partial charge < -0.3 is 10.2 Å². The molecule has 0 fully saturated rings. The molecule has 0 aliphatic rings. The molecule has 2 aromatic rings. The zero-order chi connectivity index (χ0) is 26.5. The van der Waals surface area contributed by atoms with Crippen LogP contribution >= 0.6 is 46.4 Å². The molecule has 0 saturated carbocycles. The maximum atomic E-state index is 13.6. The van der Waals surface area contributed by atoms with Gasteiger partial charge in [-0.25, -0.2) is 8.42 Å². The Kier molecular flexibility index (Phi) is 10.5. The highest BCUT2D eigenvalue weighted by Crippen LogP contribution is 2.31. The van der Waals surface area contributed by atoms with Crippen molar-refractivity contribution in [3.63, 3.8) is 0 Å². The van der Waals surface area contributed by atoms with Crippen LogP contribution in [0.5, 0.6) is 0 Å². The summed E-state index contributed by atoms with van der Waals surface area (Å²) in [6.45, 7) is 4.75. The number of rotatable bonds is 10. The van der Waals surface area contributed by atoms with Crippen LogP contribution in [-0.2, 0) is 26.2 Å². The van der Waals surface area contributed by atoms with Crippen LogP contribution in [0.15, 0.2) is 36.4 Å². The minimum Gasteiger partial charge on any atom is -0.352 e. The largest absolute Gasteiger partial charge is 0.352 e. The highest BCUT2D eigenvalue weighted by molar-refractivity contribution is 7.92. The Balaban J connectivity index is 2.51. The fourth-order valence-corrected chi connectivity index (χ4v) is 5.30. The number of benzene rings is 2. The van der Waals surface area contributed by atoms with Crippen molar-refractivity contribution in [2.24, 2.45) is 0 Å². The summed E-state index contributed by atoms with van der Waals surface area (Å²) in [6, 6.07) is 8.05. The lowest BCUT2D eigenvalue weighted by Crippen LogP contribution is -2.53. The first-order valence-corrected chi connectivity index (χ1v) is 14.1. The molecule has 0 spiro atoms. The van der Waals surface area contributed by atoms with E-state index in [1.165, 1.54) is 29.2 Å². The van der Waals surface area contributed by atoms with Gasteiger partial charge >= 0.3 is 0 Å². The van der Waals surface area contributed by atoms with E-state index in [1.807, 2.05) is 0 Å². The fourth-order valence-electron chi connectivity index (χ4n) is 3.41. The Hall–Kier alpha value is -1.71. The van der Waals surface area contributed by atoms with E-state index in [2.05, 4.69) is 5.32 Å². The third-order valence-electron chi connectivity index (χ3n) is 5.03. The highest BCUT2D eigenvalue weighted by atomic mass is 35.5. The first kappa shape index (κ1) is 29.5.